The Morgan fingerprint density at radius 3 is 2.35 bits per heavy atom. The summed E-state index contributed by atoms with van der Waals surface area (Å²) in [4.78, 5) is 19.0. The van der Waals surface area contributed by atoms with Crippen LogP contribution in [0.4, 0.5) is 11.4 Å². The molecule has 1 N–H and O–H groups in total. The number of aromatic nitrogens is 1. The van der Waals surface area contributed by atoms with Crippen LogP contribution < -0.4 is 10.2 Å². The van der Waals surface area contributed by atoms with Crippen molar-refractivity contribution < 1.29 is 13.2 Å². The molecule has 0 aliphatic carbocycles. The Hall–Kier alpha value is -2.10. The normalized spacial score (nSPS) is 11.5. The molecule has 7 nitrogen and oxygen atoms in total. The minimum absolute atomic E-state index is 0.167. The smallest absolute Gasteiger partial charge is 0.243 e. The SMILES string of the molecule is CCN(CC)c1ccc(S(=O)(=O)N(CC)CC)cc1NC(=O)CSCc1cccnc1. The molecule has 170 valence electrons. The number of rotatable bonds is 12. The quantitative estimate of drug-likeness (QED) is 0.514. The summed E-state index contributed by atoms with van der Waals surface area (Å²) >= 11 is 1.49. The van der Waals surface area contributed by atoms with E-state index >= 15 is 0 Å². The van der Waals surface area contributed by atoms with E-state index in [2.05, 4.69) is 15.2 Å². The molecule has 0 saturated heterocycles. The molecule has 0 aliphatic rings. The third kappa shape index (κ3) is 6.69. The first-order valence-electron chi connectivity index (χ1n) is 10.5. The van der Waals surface area contributed by atoms with Crippen LogP contribution >= 0.6 is 11.8 Å². The van der Waals surface area contributed by atoms with Crippen molar-refractivity contribution in [2.45, 2.75) is 38.3 Å². The van der Waals surface area contributed by atoms with E-state index in [1.807, 2.05) is 39.8 Å². The fourth-order valence-corrected chi connectivity index (χ4v) is 5.51. The maximum atomic E-state index is 13.0. The molecule has 1 aromatic carbocycles. The van der Waals surface area contributed by atoms with Crippen LogP contribution in [-0.2, 0) is 20.6 Å². The number of amides is 1. The molecule has 0 atom stereocenters. The molecule has 31 heavy (non-hydrogen) atoms. The van der Waals surface area contributed by atoms with Crippen molar-refractivity contribution in [2.75, 3.05) is 42.1 Å². The number of benzene rings is 1. The van der Waals surface area contributed by atoms with Crippen LogP contribution in [0.3, 0.4) is 0 Å². The number of hydrogen-bond donors (Lipinski definition) is 1. The van der Waals surface area contributed by atoms with Gasteiger partial charge in [-0.3, -0.25) is 9.78 Å². The Morgan fingerprint density at radius 2 is 1.77 bits per heavy atom. The van der Waals surface area contributed by atoms with Crippen molar-refractivity contribution in [1.82, 2.24) is 9.29 Å². The summed E-state index contributed by atoms with van der Waals surface area (Å²) in [6.07, 6.45) is 3.50. The van der Waals surface area contributed by atoms with Crippen LogP contribution in [0.15, 0.2) is 47.6 Å². The molecular formula is C22H32N4O3S2. The van der Waals surface area contributed by atoms with Gasteiger partial charge in [0.2, 0.25) is 15.9 Å². The average molecular weight is 465 g/mol. The van der Waals surface area contributed by atoms with Crippen molar-refractivity contribution in [3.05, 3.63) is 48.3 Å². The van der Waals surface area contributed by atoms with Crippen LogP contribution in [0.5, 0.6) is 0 Å². The number of pyridine rings is 1. The van der Waals surface area contributed by atoms with E-state index in [9.17, 15) is 13.2 Å². The highest BCUT2D eigenvalue weighted by atomic mass is 32.2. The van der Waals surface area contributed by atoms with E-state index in [4.69, 9.17) is 0 Å². The van der Waals surface area contributed by atoms with Gasteiger partial charge in [-0.1, -0.05) is 19.9 Å². The zero-order valence-corrected chi connectivity index (χ0v) is 20.3. The third-order valence-electron chi connectivity index (χ3n) is 4.91. The second kappa shape index (κ2) is 12.1. The second-order valence-electron chi connectivity index (χ2n) is 6.84. The number of carbonyl (C=O) groups excluding carboxylic acids is 1. The molecular weight excluding hydrogens is 432 g/mol. The van der Waals surface area contributed by atoms with Gasteiger partial charge in [-0.15, -0.1) is 11.8 Å². The first-order valence-corrected chi connectivity index (χ1v) is 13.1. The highest BCUT2D eigenvalue weighted by molar-refractivity contribution is 7.99. The van der Waals surface area contributed by atoms with Crippen molar-refractivity contribution in [1.29, 1.82) is 0 Å². The Balaban J connectivity index is 2.24. The summed E-state index contributed by atoms with van der Waals surface area (Å²) < 4.78 is 27.4. The van der Waals surface area contributed by atoms with E-state index < -0.39 is 10.0 Å². The van der Waals surface area contributed by atoms with Crippen molar-refractivity contribution in [3.63, 3.8) is 0 Å². The number of thioether (sulfide) groups is 1. The molecule has 0 aliphatic heterocycles. The average Bonchev–Trinajstić information content (AvgIpc) is 2.77. The molecule has 0 spiro atoms. The van der Waals surface area contributed by atoms with Crippen LogP contribution in [0.25, 0.3) is 0 Å². The fraction of sp³-hybridized carbons (Fsp3) is 0.455. The molecule has 2 rings (SSSR count). The summed E-state index contributed by atoms with van der Waals surface area (Å²) in [5, 5.41) is 2.93. The van der Waals surface area contributed by atoms with Gasteiger partial charge in [0.15, 0.2) is 0 Å². The third-order valence-corrected chi connectivity index (χ3v) is 7.96. The molecule has 0 saturated carbocycles. The molecule has 1 amide bonds. The van der Waals surface area contributed by atoms with Crippen LogP contribution in [0.1, 0.15) is 33.3 Å². The van der Waals surface area contributed by atoms with Gasteiger partial charge in [-0.25, -0.2) is 8.42 Å². The van der Waals surface area contributed by atoms with E-state index in [0.29, 0.717) is 24.5 Å². The van der Waals surface area contributed by atoms with E-state index in [0.717, 1.165) is 24.3 Å². The highest BCUT2D eigenvalue weighted by Gasteiger charge is 2.23. The number of nitrogens with zero attached hydrogens (tertiary/aromatic N) is 3. The topological polar surface area (TPSA) is 82.6 Å². The Morgan fingerprint density at radius 1 is 1.06 bits per heavy atom. The Labute approximate surface area is 190 Å². The van der Waals surface area contributed by atoms with Crippen LogP contribution in [0, 0.1) is 0 Å². The van der Waals surface area contributed by atoms with Crippen molar-refractivity contribution in [3.8, 4) is 0 Å². The van der Waals surface area contributed by atoms with Crippen molar-refractivity contribution >= 4 is 39.1 Å². The van der Waals surface area contributed by atoms with Crippen LogP contribution in [-0.4, -0.2) is 55.5 Å². The number of anilines is 2. The summed E-state index contributed by atoms with van der Waals surface area (Å²) in [5.74, 6) is 0.778. The summed E-state index contributed by atoms with van der Waals surface area (Å²) in [7, 11) is -3.62. The van der Waals surface area contributed by atoms with Gasteiger partial charge in [0.25, 0.3) is 0 Å². The van der Waals surface area contributed by atoms with E-state index in [1.54, 1.807) is 30.6 Å². The lowest BCUT2D eigenvalue weighted by Crippen LogP contribution is -2.31. The fourth-order valence-electron chi connectivity index (χ4n) is 3.26. The number of sulfonamides is 1. The number of carbonyl (C=O) groups is 1. The second-order valence-corrected chi connectivity index (χ2v) is 9.77. The molecule has 1 aromatic heterocycles. The number of hydrogen-bond acceptors (Lipinski definition) is 6. The maximum absolute atomic E-state index is 13.0. The summed E-state index contributed by atoms with van der Waals surface area (Å²) in [6.45, 7) is 9.96. The minimum atomic E-state index is -3.62. The minimum Gasteiger partial charge on any atom is -0.370 e. The molecule has 0 unspecified atom stereocenters. The zero-order valence-electron chi connectivity index (χ0n) is 18.7. The Bertz CT molecular complexity index is 944. The van der Waals surface area contributed by atoms with E-state index in [1.165, 1.54) is 16.1 Å². The molecule has 1 heterocycles. The van der Waals surface area contributed by atoms with E-state index in [-0.39, 0.29) is 16.6 Å². The standard InChI is InChI=1S/C22H32N4O3S2/c1-5-25(6-2)21-12-11-19(31(28,29)26(7-3)8-4)14-20(21)24-22(27)17-30-16-18-10-9-13-23-15-18/h9-15H,5-8,16-17H2,1-4H3,(H,24,27). The molecule has 0 fully saturated rings. The van der Waals surface area contributed by atoms with Gasteiger partial charge >= 0.3 is 0 Å². The van der Waals surface area contributed by atoms with Gasteiger partial charge in [0, 0.05) is 44.3 Å². The lowest BCUT2D eigenvalue weighted by atomic mass is 10.2. The lowest BCUT2D eigenvalue weighted by Gasteiger charge is -2.26. The van der Waals surface area contributed by atoms with Crippen molar-refractivity contribution in [2.24, 2.45) is 0 Å². The van der Waals surface area contributed by atoms with Crippen LogP contribution in [0.2, 0.25) is 0 Å². The van der Waals surface area contributed by atoms with Gasteiger partial charge in [0.05, 0.1) is 22.0 Å². The largest absolute Gasteiger partial charge is 0.370 e. The van der Waals surface area contributed by atoms with Gasteiger partial charge in [-0.05, 0) is 43.7 Å². The number of nitrogens with one attached hydrogen (secondary N) is 1. The van der Waals surface area contributed by atoms with Gasteiger partial charge in [0.1, 0.15) is 0 Å². The molecule has 9 heteroatoms. The monoisotopic (exact) mass is 464 g/mol. The summed E-state index contributed by atoms with van der Waals surface area (Å²) in [6, 6.07) is 8.81. The first kappa shape index (κ1) is 25.2. The predicted octanol–water partition coefficient (Wildman–Crippen LogP) is 3.83. The first-order chi connectivity index (χ1) is 14.9. The maximum Gasteiger partial charge on any atom is 0.243 e. The predicted molar refractivity (Wildman–Crippen MR) is 129 cm³/mol. The molecule has 0 radical (unpaired) electrons. The summed E-state index contributed by atoms with van der Waals surface area (Å²) in [5.41, 5.74) is 2.38. The van der Waals surface area contributed by atoms with Gasteiger partial charge < -0.3 is 10.2 Å². The van der Waals surface area contributed by atoms with Gasteiger partial charge in [-0.2, -0.15) is 4.31 Å². The molecule has 0 bridgehead atoms. The molecule has 2 aromatic rings. The highest BCUT2D eigenvalue weighted by Crippen LogP contribution is 2.30. The zero-order chi connectivity index (χ0) is 22.9. The Kier molecular flexibility index (Phi) is 9.80. The lowest BCUT2D eigenvalue weighted by molar-refractivity contribution is -0.113.